The van der Waals surface area contributed by atoms with E-state index in [0.717, 1.165) is 31.0 Å². The maximum absolute atomic E-state index is 12.0. The summed E-state index contributed by atoms with van der Waals surface area (Å²) in [6.07, 6.45) is 2.31. The number of hydrogen-bond donors (Lipinski definition) is 1. The van der Waals surface area contributed by atoms with Gasteiger partial charge in [-0.25, -0.2) is 4.79 Å². The molecule has 1 aliphatic rings. The van der Waals surface area contributed by atoms with Gasteiger partial charge in [0.2, 0.25) is 0 Å². The second-order valence-electron chi connectivity index (χ2n) is 4.92. The Balaban J connectivity index is 1.99. The van der Waals surface area contributed by atoms with Crippen LogP contribution in [0.25, 0.3) is 0 Å². The van der Waals surface area contributed by atoms with Crippen molar-refractivity contribution >= 4 is 11.8 Å². The van der Waals surface area contributed by atoms with Gasteiger partial charge in [-0.1, -0.05) is 6.92 Å². The number of carbonyl (C=O) groups is 1. The first kappa shape index (κ1) is 12.0. The van der Waals surface area contributed by atoms with Crippen molar-refractivity contribution in [2.45, 2.75) is 26.7 Å². The molecule has 94 valence electrons. The van der Waals surface area contributed by atoms with Crippen molar-refractivity contribution in [2.24, 2.45) is 13.0 Å². The average Bonchev–Trinajstić information content (AvgIpc) is 2.57. The Morgan fingerprint density at radius 2 is 2.35 bits per heavy atom. The average molecular weight is 236 g/mol. The lowest BCUT2D eigenvalue weighted by molar-refractivity contribution is 0.182. The fraction of sp³-hybridized carbons (Fsp3) is 0.667. The van der Waals surface area contributed by atoms with E-state index in [1.165, 1.54) is 6.42 Å². The van der Waals surface area contributed by atoms with E-state index in [1.54, 1.807) is 4.68 Å². The highest BCUT2D eigenvalue weighted by atomic mass is 16.2. The van der Waals surface area contributed by atoms with Crippen LogP contribution in [0, 0.1) is 12.8 Å². The first-order valence-electron chi connectivity index (χ1n) is 6.13. The Morgan fingerprint density at radius 1 is 1.59 bits per heavy atom. The third-order valence-corrected chi connectivity index (χ3v) is 3.18. The zero-order valence-corrected chi connectivity index (χ0v) is 10.7. The molecule has 1 fully saturated rings. The molecule has 1 aliphatic heterocycles. The van der Waals surface area contributed by atoms with E-state index < -0.39 is 0 Å². The molecule has 5 heteroatoms. The summed E-state index contributed by atoms with van der Waals surface area (Å²) in [4.78, 5) is 13.9. The molecule has 2 amide bonds. The molecule has 0 radical (unpaired) electrons. The Morgan fingerprint density at radius 3 is 2.94 bits per heavy atom. The van der Waals surface area contributed by atoms with Crippen LogP contribution in [-0.2, 0) is 7.05 Å². The quantitative estimate of drug-likeness (QED) is 0.810. The number of urea groups is 1. The minimum absolute atomic E-state index is 0.0143. The summed E-state index contributed by atoms with van der Waals surface area (Å²) in [5.74, 6) is 1.36. The number of piperidine rings is 1. The zero-order chi connectivity index (χ0) is 12.4. The molecule has 1 N–H and O–H groups in total. The SMILES string of the molecule is Cc1cc(NC(=O)N2CCCC(C)C2)n(C)n1. The summed E-state index contributed by atoms with van der Waals surface area (Å²) in [5, 5.41) is 7.12. The highest BCUT2D eigenvalue weighted by Gasteiger charge is 2.21. The normalized spacial score (nSPS) is 20.4. The standard InChI is InChI=1S/C12H20N4O/c1-9-5-4-6-16(8-9)12(17)13-11-7-10(2)14-15(11)3/h7,9H,4-6,8H2,1-3H3,(H,13,17). The molecule has 0 aromatic carbocycles. The summed E-state index contributed by atoms with van der Waals surface area (Å²) in [7, 11) is 1.83. The van der Waals surface area contributed by atoms with Crippen LogP contribution in [0.15, 0.2) is 6.07 Å². The summed E-state index contributed by atoms with van der Waals surface area (Å²) >= 11 is 0. The third-order valence-electron chi connectivity index (χ3n) is 3.18. The van der Waals surface area contributed by atoms with Crippen LogP contribution in [0.2, 0.25) is 0 Å². The van der Waals surface area contributed by atoms with E-state index in [0.29, 0.717) is 5.92 Å². The molecule has 2 rings (SSSR count). The van der Waals surface area contributed by atoms with E-state index in [-0.39, 0.29) is 6.03 Å². The highest BCUT2D eigenvalue weighted by Crippen LogP contribution is 2.17. The number of carbonyl (C=O) groups excluding carboxylic acids is 1. The van der Waals surface area contributed by atoms with Gasteiger partial charge in [0, 0.05) is 26.2 Å². The van der Waals surface area contributed by atoms with Crippen molar-refractivity contribution in [1.82, 2.24) is 14.7 Å². The number of likely N-dealkylation sites (tertiary alicyclic amines) is 1. The van der Waals surface area contributed by atoms with Crippen LogP contribution in [0.1, 0.15) is 25.5 Å². The van der Waals surface area contributed by atoms with Gasteiger partial charge < -0.3 is 4.90 Å². The molecular weight excluding hydrogens is 216 g/mol. The molecule has 5 nitrogen and oxygen atoms in total. The lowest BCUT2D eigenvalue weighted by Crippen LogP contribution is -2.41. The number of aromatic nitrogens is 2. The molecule has 1 saturated heterocycles. The molecule has 2 heterocycles. The van der Waals surface area contributed by atoms with Gasteiger partial charge in [-0.2, -0.15) is 5.10 Å². The molecule has 17 heavy (non-hydrogen) atoms. The number of nitrogens with one attached hydrogen (secondary N) is 1. The number of hydrogen-bond acceptors (Lipinski definition) is 2. The first-order valence-corrected chi connectivity index (χ1v) is 6.13. The van der Waals surface area contributed by atoms with Gasteiger partial charge in [-0.05, 0) is 25.7 Å². The fourth-order valence-electron chi connectivity index (χ4n) is 2.29. The summed E-state index contributed by atoms with van der Waals surface area (Å²) in [5.41, 5.74) is 0.912. The van der Waals surface area contributed by atoms with Crippen LogP contribution in [0.5, 0.6) is 0 Å². The Labute approximate surface area is 102 Å². The number of aryl methyl sites for hydroxylation is 2. The Kier molecular flexibility index (Phi) is 3.36. The minimum atomic E-state index is -0.0143. The summed E-state index contributed by atoms with van der Waals surface area (Å²) in [6, 6.07) is 1.87. The van der Waals surface area contributed by atoms with Gasteiger partial charge in [0.15, 0.2) is 0 Å². The van der Waals surface area contributed by atoms with E-state index in [9.17, 15) is 4.79 Å². The number of anilines is 1. The maximum Gasteiger partial charge on any atom is 0.323 e. The molecule has 1 atom stereocenters. The lowest BCUT2D eigenvalue weighted by atomic mass is 10.0. The monoisotopic (exact) mass is 236 g/mol. The first-order chi connectivity index (χ1) is 8.06. The molecule has 1 aromatic rings. The molecule has 0 aliphatic carbocycles. The molecular formula is C12H20N4O. The van der Waals surface area contributed by atoms with E-state index in [2.05, 4.69) is 17.3 Å². The molecule has 0 bridgehead atoms. The van der Waals surface area contributed by atoms with E-state index >= 15 is 0 Å². The second kappa shape index (κ2) is 4.77. The van der Waals surface area contributed by atoms with Crippen molar-refractivity contribution in [2.75, 3.05) is 18.4 Å². The van der Waals surface area contributed by atoms with Crippen LogP contribution in [-0.4, -0.2) is 33.8 Å². The van der Waals surface area contributed by atoms with Gasteiger partial charge in [-0.15, -0.1) is 0 Å². The third kappa shape index (κ3) is 2.78. The molecule has 0 saturated carbocycles. The fourth-order valence-corrected chi connectivity index (χ4v) is 2.29. The number of rotatable bonds is 1. The number of nitrogens with zero attached hydrogens (tertiary/aromatic N) is 3. The van der Waals surface area contributed by atoms with Gasteiger partial charge in [0.25, 0.3) is 0 Å². The van der Waals surface area contributed by atoms with Crippen LogP contribution >= 0.6 is 0 Å². The molecule has 1 unspecified atom stereocenters. The van der Waals surface area contributed by atoms with Crippen LogP contribution in [0.4, 0.5) is 10.6 Å². The van der Waals surface area contributed by atoms with Gasteiger partial charge in [-0.3, -0.25) is 10.00 Å². The molecule has 0 spiro atoms. The summed E-state index contributed by atoms with van der Waals surface area (Å²) in [6.45, 7) is 5.81. The highest BCUT2D eigenvalue weighted by molar-refractivity contribution is 5.88. The predicted molar refractivity (Wildman–Crippen MR) is 66.9 cm³/mol. The van der Waals surface area contributed by atoms with Crippen LogP contribution < -0.4 is 5.32 Å². The lowest BCUT2D eigenvalue weighted by Gasteiger charge is -2.30. The van der Waals surface area contributed by atoms with Crippen molar-refractivity contribution in [3.63, 3.8) is 0 Å². The molecule has 1 aromatic heterocycles. The van der Waals surface area contributed by atoms with E-state index in [4.69, 9.17) is 0 Å². The van der Waals surface area contributed by atoms with Gasteiger partial charge >= 0.3 is 6.03 Å². The zero-order valence-electron chi connectivity index (χ0n) is 10.7. The smallest absolute Gasteiger partial charge is 0.323 e. The maximum atomic E-state index is 12.0. The topological polar surface area (TPSA) is 50.2 Å². The predicted octanol–water partition coefficient (Wildman–Crippen LogP) is 1.99. The van der Waals surface area contributed by atoms with Gasteiger partial charge in [0.1, 0.15) is 5.82 Å². The minimum Gasteiger partial charge on any atom is -0.324 e. The van der Waals surface area contributed by atoms with Gasteiger partial charge in [0.05, 0.1) is 5.69 Å². The largest absolute Gasteiger partial charge is 0.324 e. The van der Waals surface area contributed by atoms with Crippen molar-refractivity contribution < 1.29 is 4.79 Å². The van der Waals surface area contributed by atoms with E-state index in [1.807, 2.05) is 24.9 Å². The number of amides is 2. The summed E-state index contributed by atoms with van der Waals surface area (Å²) < 4.78 is 1.70. The second-order valence-corrected chi connectivity index (χ2v) is 4.92. The van der Waals surface area contributed by atoms with Crippen molar-refractivity contribution in [3.05, 3.63) is 11.8 Å². The van der Waals surface area contributed by atoms with Crippen LogP contribution in [0.3, 0.4) is 0 Å². The van der Waals surface area contributed by atoms with Crippen molar-refractivity contribution in [3.8, 4) is 0 Å². The van der Waals surface area contributed by atoms with Crippen molar-refractivity contribution in [1.29, 1.82) is 0 Å². The Bertz CT molecular complexity index is 413. The Hall–Kier alpha value is -1.52.